The second-order valence-corrected chi connectivity index (χ2v) is 11.9. The van der Waals surface area contributed by atoms with Gasteiger partial charge in [0.1, 0.15) is 5.82 Å². The Morgan fingerprint density at radius 2 is 1.85 bits per heavy atom. The normalized spacial score (nSPS) is 23.6. The zero-order valence-corrected chi connectivity index (χ0v) is 23.4. The molecule has 4 heterocycles. The first-order valence-corrected chi connectivity index (χ1v) is 14.8. The third kappa shape index (κ3) is 5.90. The van der Waals surface area contributed by atoms with Gasteiger partial charge in [-0.2, -0.15) is 0 Å². The number of nitrogens with one attached hydrogen (secondary N) is 1. The van der Waals surface area contributed by atoms with Crippen molar-refractivity contribution < 1.29 is 9.84 Å². The van der Waals surface area contributed by atoms with E-state index >= 15 is 0 Å². The summed E-state index contributed by atoms with van der Waals surface area (Å²) in [6, 6.07) is 6.74. The first-order chi connectivity index (χ1) is 19.1. The molecule has 3 fully saturated rings. The summed E-state index contributed by atoms with van der Waals surface area (Å²) in [5.41, 5.74) is 4.48. The highest BCUT2D eigenvalue weighted by atomic mass is 16.5. The number of methoxy groups -OCH3 is 1. The van der Waals surface area contributed by atoms with Gasteiger partial charge in [0.05, 0.1) is 24.4 Å². The molecule has 0 spiro atoms. The molecule has 3 aliphatic rings. The predicted octanol–water partition coefficient (Wildman–Crippen LogP) is 4.18. The molecule has 2 aliphatic carbocycles. The topological polar surface area (TPSA) is 91.0 Å². The highest BCUT2D eigenvalue weighted by Gasteiger charge is 2.27. The zero-order chi connectivity index (χ0) is 26.8. The lowest BCUT2D eigenvalue weighted by Gasteiger charge is -2.39. The Balaban J connectivity index is 1.27. The highest BCUT2D eigenvalue weighted by Crippen LogP contribution is 2.38. The van der Waals surface area contributed by atoms with Crippen LogP contribution in [0.15, 0.2) is 30.6 Å². The van der Waals surface area contributed by atoms with Gasteiger partial charge in [-0.25, -0.2) is 14.5 Å². The number of hydrogen-bond acceptors (Lipinski definition) is 8. The summed E-state index contributed by atoms with van der Waals surface area (Å²) in [6.07, 6.45) is 11.5. The molecule has 0 bridgehead atoms. The number of piperazine rings is 1. The van der Waals surface area contributed by atoms with Gasteiger partial charge in [-0.05, 0) is 75.1 Å². The molecule has 0 radical (unpaired) electrons. The van der Waals surface area contributed by atoms with E-state index in [1.54, 1.807) is 7.11 Å². The fourth-order valence-corrected chi connectivity index (χ4v) is 6.45. The number of nitrogens with zero attached hydrogens (tertiary/aromatic N) is 6. The van der Waals surface area contributed by atoms with E-state index in [1.165, 1.54) is 31.5 Å². The van der Waals surface area contributed by atoms with Gasteiger partial charge in [0.25, 0.3) is 0 Å². The lowest BCUT2D eigenvalue weighted by Crippen LogP contribution is -2.48. The molecule has 39 heavy (non-hydrogen) atoms. The van der Waals surface area contributed by atoms with Gasteiger partial charge >= 0.3 is 0 Å². The van der Waals surface area contributed by atoms with Crippen LogP contribution in [0.2, 0.25) is 0 Å². The second kappa shape index (κ2) is 11.8. The van der Waals surface area contributed by atoms with Crippen LogP contribution < -0.4 is 10.2 Å². The summed E-state index contributed by atoms with van der Waals surface area (Å²) in [5.74, 6) is 2.93. The maximum Gasteiger partial charge on any atom is 0.241 e. The van der Waals surface area contributed by atoms with Crippen LogP contribution in [-0.2, 0) is 4.74 Å². The van der Waals surface area contributed by atoms with Crippen molar-refractivity contribution >= 4 is 17.3 Å². The smallest absolute Gasteiger partial charge is 0.241 e. The van der Waals surface area contributed by atoms with Gasteiger partial charge in [0, 0.05) is 69.2 Å². The average molecular weight is 534 g/mol. The van der Waals surface area contributed by atoms with E-state index in [-0.39, 0.29) is 12.1 Å². The van der Waals surface area contributed by atoms with Gasteiger partial charge in [0.2, 0.25) is 5.95 Å². The SMILES string of the molecule is COC[C@H](C)Nc1ncc2c(-c3ccnc(N4CCN(CC5CCC5)CC4)c3)cc(C3CCC(O)CC3)n2n1. The van der Waals surface area contributed by atoms with Crippen LogP contribution >= 0.6 is 0 Å². The minimum Gasteiger partial charge on any atom is -0.393 e. The van der Waals surface area contributed by atoms with Crippen molar-refractivity contribution in [2.45, 2.75) is 69.9 Å². The molecule has 0 unspecified atom stereocenters. The van der Waals surface area contributed by atoms with E-state index in [9.17, 15) is 5.11 Å². The summed E-state index contributed by atoms with van der Waals surface area (Å²) in [6.45, 7) is 8.18. The quantitative estimate of drug-likeness (QED) is 0.423. The van der Waals surface area contributed by atoms with E-state index in [0.717, 1.165) is 80.2 Å². The monoisotopic (exact) mass is 533 g/mol. The predicted molar refractivity (Wildman–Crippen MR) is 154 cm³/mol. The molecule has 1 aliphatic heterocycles. The molecule has 2 saturated carbocycles. The molecule has 0 aromatic carbocycles. The average Bonchev–Trinajstić information content (AvgIpc) is 3.31. The van der Waals surface area contributed by atoms with Crippen molar-refractivity contribution in [2.24, 2.45) is 5.92 Å². The van der Waals surface area contributed by atoms with E-state index < -0.39 is 0 Å². The van der Waals surface area contributed by atoms with Crippen LogP contribution in [-0.4, -0.2) is 88.2 Å². The minimum atomic E-state index is -0.189. The number of rotatable bonds is 9. The standard InChI is InChI=1S/C30H43N7O2/c1-21(20-39-2)33-30-32-18-28-26(17-27(37(28)34-30)23-6-8-25(38)9-7-23)24-10-11-31-29(16-24)36-14-12-35(13-15-36)19-22-4-3-5-22/h10-11,16-18,21-23,25,38H,3-9,12-15,19-20H2,1-2H3,(H,33,34)/t21-,23?,25?/m0/s1. The van der Waals surface area contributed by atoms with Gasteiger partial charge in [-0.1, -0.05) is 6.42 Å². The number of fused-ring (bicyclic) bond motifs is 1. The van der Waals surface area contributed by atoms with Crippen molar-refractivity contribution in [1.29, 1.82) is 0 Å². The third-order valence-corrected chi connectivity index (χ3v) is 8.95. The Hall–Kier alpha value is -2.75. The Morgan fingerprint density at radius 3 is 2.56 bits per heavy atom. The molecule has 1 saturated heterocycles. The van der Waals surface area contributed by atoms with Gasteiger partial charge in [-0.3, -0.25) is 4.90 Å². The van der Waals surface area contributed by atoms with Crippen LogP contribution in [0.25, 0.3) is 16.6 Å². The van der Waals surface area contributed by atoms with Crippen LogP contribution in [0.5, 0.6) is 0 Å². The Labute approximate surface area is 231 Å². The summed E-state index contributed by atoms with van der Waals surface area (Å²) in [5, 5.41) is 18.4. The fraction of sp³-hybridized carbons (Fsp3) is 0.633. The van der Waals surface area contributed by atoms with Crippen molar-refractivity contribution in [3.63, 3.8) is 0 Å². The van der Waals surface area contributed by atoms with Gasteiger partial charge < -0.3 is 20.1 Å². The minimum absolute atomic E-state index is 0.104. The second-order valence-electron chi connectivity index (χ2n) is 11.9. The molecule has 9 nitrogen and oxygen atoms in total. The lowest BCUT2D eigenvalue weighted by atomic mass is 9.85. The molecule has 1 atom stereocenters. The number of aliphatic hydroxyl groups is 1. The first kappa shape index (κ1) is 26.5. The molecular weight excluding hydrogens is 490 g/mol. The lowest BCUT2D eigenvalue weighted by molar-refractivity contribution is 0.121. The van der Waals surface area contributed by atoms with Crippen molar-refractivity contribution in [1.82, 2.24) is 24.5 Å². The third-order valence-electron chi connectivity index (χ3n) is 8.95. The van der Waals surface area contributed by atoms with Crippen molar-refractivity contribution in [2.75, 3.05) is 56.7 Å². The molecular formula is C30H43N7O2. The van der Waals surface area contributed by atoms with Crippen molar-refractivity contribution in [3.8, 4) is 11.1 Å². The number of ether oxygens (including phenoxy) is 1. The maximum atomic E-state index is 10.1. The van der Waals surface area contributed by atoms with Crippen molar-refractivity contribution in [3.05, 3.63) is 36.3 Å². The van der Waals surface area contributed by atoms with E-state index in [4.69, 9.17) is 14.8 Å². The highest BCUT2D eigenvalue weighted by molar-refractivity contribution is 5.82. The van der Waals surface area contributed by atoms with E-state index in [2.05, 4.69) is 49.7 Å². The number of aromatic nitrogens is 4. The summed E-state index contributed by atoms with van der Waals surface area (Å²) < 4.78 is 7.36. The van der Waals surface area contributed by atoms with Crippen LogP contribution in [0.4, 0.5) is 11.8 Å². The molecule has 210 valence electrons. The number of aliphatic hydroxyl groups excluding tert-OH is 1. The summed E-state index contributed by atoms with van der Waals surface area (Å²) in [4.78, 5) is 14.5. The number of hydrogen-bond donors (Lipinski definition) is 2. The molecule has 0 amide bonds. The Kier molecular flexibility index (Phi) is 7.99. The van der Waals surface area contributed by atoms with Crippen LogP contribution in [0.3, 0.4) is 0 Å². The molecule has 3 aromatic rings. The summed E-state index contributed by atoms with van der Waals surface area (Å²) in [7, 11) is 1.70. The Bertz CT molecular complexity index is 1240. The van der Waals surface area contributed by atoms with E-state index in [0.29, 0.717) is 18.5 Å². The first-order valence-electron chi connectivity index (χ1n) is 14.8. The van der Waals surface area contributed by atoms with Gasteiger partial charge in [-0.15, -0.1) is 5.10 Å². The van der Waals surface area contributed by atoms with E-state index in [1.807, 2.05) is 12.4 Å². The molecule has 3 aromatic heterocycles. The van der Waals surface area contributed by atoms with Crippen LogP contribution in [0.1, 0.15) is 63.5 Å². The van der Waals surface area contributed by atoms with Gasteiger partial charge in [0.15, 0.2) is 0 Å². The summed E-state index contributed by atoms with van der Waals surface area (Å²) >= 11 is 0. The fourth-order valence-electron chi connectivity index (χ4n) is 6.45. The largest absolute Gasteiger partial charge is 0.393 e. The number of pyridine rings is 1. The van der Waals surface area contributed by atoms with Crippen LogP contribution in [0, 0.1) is 5.92 Å². The number of anilines is 2. The molecule has 9 heteroatoms. The maximum absolute atomic E-state index is 10.1. The molecule has 6 rings (SSSR count). The zero-order valence-electron chi connectivity index (χ0n) is 23.4. The Morgan fingerprint density at radius 1 is 1.05 bits per heavy atom. The molecule has 2 N–H and O–H groups in total.